The van der Waals surface area contributed by atoms with E-state index in [-0.39, 0.29) is 6.04 Å². The summed E-state index contributed by atoms with van der Waals surface area (Å²) in [7, 11) is 0. The molecule has 0 aliphatic carbocycles. The van der Waals surface area contributed by atoms with Crippen LogP contribution in [-0.4, -0.2) is 35.1 Å². The zero-order valence-electron chi connectivity index (χ0n) is 10.9. The first kappa shape index (κ1) is 13.1. The Morgan fingerprint density at radius 1 is 1.44 bits per heavy atom. The molecule has 1 aromatic carbocycles. The van der Waals surface area contributed by atoms with Crippen molar-refractivity contribution >= 4 is 5.97 Å². The number of rotatable bonds is 5. The molecule has 2 rings (SSSR count). The molecule has 0 amide bonds. The first-order valence-electron chi connectivity index (χ1n) is 6.70. The van der Waals surface area contributed by atoms with Crippen LogP contribution >= 0.6 is 0 Å². The minimum Gasteiger partial charge on any atom is -0.480 e. The third kappa shape index (κ3) is 3.10. The molecule has 0 saturated carbocycles. The van der Waals surface area contributed by atoms with Gasteiger partial charge in [-0.25, -0.2) is 0 Å². The van der Waals surface area contributed by atoms with Crippen molar-refractivity contribution in [3.8, 4) is 0 Å². The van der Waals surface area contributed by atoms with Gasteiger partial charge in [0.25, 0.3) is 0 Å². The van der Waals surface area contributed by atoms with E-state index in [1.165, 1.54) is 5.56 Å². The summed E-state index contributed by atoms with van der Waals surface area (Å²) in [6.45, 7) is 4.02. The predicted octanol–water partition coefficient (Wildman–Crippen LogP) is 2.73. The molecule has 2 atom stereocenters. The second-order valence-corrected chi connectivity index (χ2v) is 5.13. The van der Waals surface area contributed by atoms with Crippen molar-refractivity contribution in [1.29, 1.82) is 0 Å². The Hall–Kier alpha value is -1.35. The second kappa shape index (κ2) is 6.01. The molecule has 1 heterocycles. The fourth-order valence-electron chi connectivity index (χ4n) is 2.68. The Balaban J connectivity index is 1.86. The van der Waals surface area contributed by atoms with Crippen molar-refractivity contribution in [3.05, 3.63) is 35.9 Å². The molecule has 0 spiro atoms. The molecule has 3 heteroatoms. The lowest BCUT2D eigenvalue weighted by atomic mass is 9.97. The summed E-state index contributed by atoms with van der Waals surface area (Å²) in [5, 5.41) is 9.12. The van der Waals surface area contributed by atoms with Crippen LogP contribution in [0.15, 0.2) is 30.3 Å². The molecule has 1 aliphatic heterocycles. The SMILES string of the molecule is CC(CCN1CCC[C@@H]1C(=O)O)c1ccccc1. The van der Waals surface area contributed by atoms with Gasteiger partial charge in [-0.05, 0) is 43.8 Å². The number of carboxylic acids is 1. The molecule has 1 N–H and O–H groups in total. The number of nitrogens with zero attached hydrogens (tertiary/aromatic N) is 1. The van der Waals surface area contributed by atoms with Crippen molar-refractivity contribution < 1.29 is 9.90 Å². The standard InChI is InChI=1S/C15H21NO2/c1-12(13-6-3-2-4-7-13)9-11-16-10-5-8-14(16)15(17)18/h2-4,6-7,12,14H,5,8-11H2,1H3,(H,17,18)/t12?,14-/m1/s1. The fraction of sp³-hybridized carbons (Fsp3) is 0.533. The van der Waals surface area contributed by atoms with Crippen molar-refractivity contribution in [2.45, 2.75) is 38.1 Å². The number of likely N-dealkylation sites (tertiary alicyclic amines) is 1. The van der Waals surface area contributed by atoms with Gasteiger partial charge >= 0.3 is 5.97 Å². The minimum atomic E-state index is -0.667. The molecule has 1 aliphatic rings. The average Bonchev–Trinajstić information content (AvgIpc) is 2.85. The average molecular weight is 247 g/mol. The lowest BCUT2D eigenvalue weighted by Crippen LogP contribution is -2.36. The summed E-state index contributed by atoms with van der Waals surface area (Å²) >= 11 is 0. The minimum absolute atomic E-state index is 0.257. The summed E-state index contributed by atoms with van der Waals surface area (Å²) < 4.78 is 0. The van der Waals surface area contributed by atoms with E-state index < -0.39 is 5.97 Å². The Labute approximate surface area is 108 Å². The first-order chi connectivity index (χ1) is 8.68. The topological polar surface area (TPSA) is 40.5 Å². The summed E-state index contributed by atoms with van der Waals surface area (Å²) in [4.78, 5) is 13.2. The van der Waals surface area contributed by atoms with Gasteiger partial charge in [-0.3, -0.25) is 9.69 Å². The van der Waals surface area contributed by atoms with E-state index in [1.807, 2.05) is 6.07 Å². The molecule has 1 aromatic rings. The van der Waals surface area contributed by atoms with Gasteiger partial charge in [0.15, 0.2) is 0 Å². The monoisotopic (exact) mass is 247 g/mol. The summed E-state index contributed by atoms with van der Waals surface area (Å²) in [5.74, 6) is -0.180. The normalized spacial score (nSPS) is 21.9. The zero-order valence-corrected chi connectivity index (χ0v) is 10.9. The zero-order chi connectivity index (χ0) is 13.0. The van der Waals surface area contributed by atoms with Crippen LogP contribution in [0.1, 0.15) is 37.7 Å². The third-order valence-electron chi connectivity index (χ3n) is 3.87. The molecule has 0 aromatic heterocycles. The lowest BCUT2D eigenvalue weighted by Gasteiger charge is -2.23. The van der Waals surface area contributed by atoms with Crippen molar-refractivity contribution in [1.82, 2.24) is 4.90 Å². The maximum atomic E-state index is 11.1. The van der Waals surface area contributed by atoms with E-state index in [2.05, 4.69) is 36.1 Å². The highest BCUT2D eigenvalue weighted by Crippen LogP contribution is 2.22. The Bertz CT molecular complexity index is 391. The van der Waals surface area contributed by atoms with Crippen molar-refractivity contribution in [3.63, 3.8) is 0 Å². The Morgan fingerprint density at radius 3 is 2.83 bits per heavy atom. The molecule has 1 unspecified atom stereocenters. The molecule has 0 bridgehead atoms. The van der Waals surface area contributed by atoms with E-state index >= 15 is 0 Å². The number of hydrogen-bond acceptors (Lipinski definition) is 2. The Kier molecular flexibility index (Phi) is 4.37. The highest BCUT2D eigenvalue weighted by molar-refractivity contribution is 5.73. The largest absolute Gasteiger partial charge is 0.480 e. The van der Waals surface area contributed by atoms with Crippen LogP contribution in [0, 0.1) is 0 Å². The fourth-order valence-corrected chi connectivity index (χ4v) is 2.68. The number of hydrogen-bond donors (Lipinski definition) is 1. The molecule has 0 radical (unpaired) electrons. The van der Waals surface area contributed by atoms with Crippen molar-refractivity contribution in [2.24, 2.45) is 0 Å². The molecular formula is C15H21NO2. The first-order valence-corrected chi connectivity index (χ1v) is 6.70. The number of carbonyl (C=O) groups is 1. The number of benzene rings is 1. The Morgan fingerprint density at radius 2 is 2.17 bits per heavy atom. The van der Waals surface area contributed by atoms with Gasteiger partial charge in [-0.1, -0.05) is 37.3 Å². The summed E-state index contributed by atoms with van der Waals surface area (Å²) in [6, 6.07) is 10.2. The van der Waals surface area contributed by atoms with Gasteiger partial charge < -0.3 is 5.11 Å². The van der Waals surface area contributed by atoms with E-state index in [1.54, 1.807) is 0 Å². The van der Waals surface area contributed by atoms with Gasteiger partial charge in [0.2, 0.25) is 0 Å². The van der Waals surface area contributed by atoms with E-state index in [0.717, 1.165) is 32.4 Å². The van der Waals surface area contributed by atoms with E-state index in [9.17, 15) is 4.79 Å². The molecule has 1 saturated heterocycles. The third-order valence-corrected chi connectivity index (χ3v) is 3.87. The van der Waals surface area contributed by atoms with Crippen LogP contribution in [0.5, 0.6) is 0 Å². The summed E-state index contributed by atoms with van der Waals surface area (Å²) in [5.41, 5.74) is 1.34. The van der Waals surface area contributed by atoms with Gasteiger partial charge in [0, 0.05) is 0 Å². The second-order valence-electron chi connectivity index (χ2n) is 5.13. The predicted molar refractivity (Wildman–Crippen MR) is 71.7 cm³/mol. The lowest BCUT2D eigenvalue weighted by molar-refractivity contribution is -0.142. The molecule has 3 nitrogen and oxygen atoms in total. The molecular weight excluding hydrogens is 226 g/mol. The quantitative estimate of drug-likeness (QED) is 0.869. The molecule has 1 fully saturated rings. The van der Waals surface area contributed by atoms with Gasteiger partial charge in [0.05, 0.1) is 0 Å². The van der Waals surface area contributed by atoms with Crippen LogP contribution in [0.2, 0.25) is 0 Å². The number of aliphatic carboxylic acids is 1. The highest BCUT2D eigenvalue weighted by Gasteiger charge is 2.30. The maximum Gasteiger partial charge on any atom is 0.320 e. The van der Waals surface area contributed by atoms with Crippen molar-refractivity contribution in [2.75, 3.05) is 13.1 Å². The van der Waals surface area contributed by atoms with Crippen LogP contribution in [0.3, 0.4) is 0 Å². The van der Waals surface area contributed by atoms with Crippen LogP contribution in [0.4, 0.5) is 0 Å². The number of carboxylic acid groups (broad SMARTS) is 1. The molecule has 98 valence electrons. The highest BCUT2D eigenvalue weighted by atomic mass is 16.4. The van der Waals surface area contributed by atoms with Gasteiger partial charge in [-0.15, -0.1) is 0 Å². The van der Waals surface area contributed by atoms with E-state index in [4.69, 9.17) is 5.11 Å². The van der Waals surface area contributed by atoms with Gasteiger partial charge in [0.1, 0.15) is 6.04 Å². The van der Waals surface area contributed by atoms with Crippen LogP contribution in [0.25, 0.3) is 0 Å². The van der Waals surface area contributed by atoms with Gasteiger partial charge in [-0.2, -0.15) is 0 Å². The molecule has 18 heavy (non-hydrogen) atoms. The van der Waals surface area contributed by atoms with E-state index in [0.29, 0.717) is 5.92 Å². The smallest absolute Gasteiger partial charge is 0.320 e. The summed E-state index contributed by atoms with van der Waals surface area (Å²) in [6.07, 6.45) is 2.83. The maximum absolute atomic E-state index is 11.1. The van der Waals surface area contributed by atoms with Crippen LogP contribution in [-0.2, 0) is 4.79 Å². The van der Waals surface area contributed by atoms with Crippen LogP contribution < -0.4 is 0 Å².